The van der Waals surface area contributed by atoms with Crippen LogP contribution in [0.1, 0.15) is 17.7 Å². The van der Waals surface area contributed by atoms with Crippen molar-refractivity contribution < 1.29 is 8.78 Å². The molecule has 0 saturated heterocycles. The highest BCUT2D eigenvalue weighted by molar-refractivity contribution is 9.10. The summed E-state index contributed by atoms with van der Waals surface area (Å²) in [5, 5.41) is 0. The molecule has 0 unspecified atom stereocenters. The Morgan fingerprint density at radius 2 is 2.11 bits per heavy atom. The van der Waals surface area contributed by atoms with Crippen LogP contribution in [0.5, 0.6) is 0 Å². The number of nitrogens with zero attached hydrogens (tertiary/aromatic N) is 2. The van der Waals surface area contributed by atoms with Gasteiger partial charge in [-0.3, -0.25) is 0 Å². The van der Waals surface area contributed by atoms with E-state index in [1.165, 1.54) is 6.20 Å². The predicted molar refractivity (Wildman–Crippen MR) is 68.0 cm³/mol. The minimum atomic E-state index is -2.66. The molecule has 0 aliphatic carbocycles. The van der Waals surface area contributed by atoms with Gasteiger partial charge in [0.15, 0.2) is 5.82 Å². The first-order valence-corrected chi connectivity index (χ1v) is 6.01. The van der Waals surface area contributed by atoms with Crippen molar-refractivity contribution in [1.82, 2.24) is 9.97 Å². The molecule has 94 valence electrons. The molecule has 0 aliphatic heterocycles. The fourth-order valence-corrected chi connectivity index (χ4v) is 1.93. The van der Waals surface area contributed by atoms with E-state index in [4.69, 9.17) is 5.73 Å². The third kappa shape index (κ3) is 2.70. The quantitative estimate of drug-likeness (QED) is 0.946. The molecule has 0 aliphatic rings. The van der Waals surface area contributed by atoms with Crippen LogP contribution < -0.4 is 5.73 Å². The van der Waals surface area contributed by atoms with Crippen LogP contribution in [0.3, 0.4) is 0 Å². The van der Waals surface area contributed by atoms with Gasteiger partial charge in [0.2, 0.25) is 0 Å². The van der Waals surface area contributed by atoms with Gasteiger partial charge in [0, 0.05) is 28.3 Å². The number of hydrogen-bond acceptors (Lipinski definition) is 3. The number of halogens is 3. The zero-order chi connectivity index (χ0) is 13.1. The minimum Gasteiger partial charge on any atom is -0.326 e. The van der Waals surface area contributed by atoms with Gasteiger partial charge in [-0.25, -0.2) is 18.7 Å². The van der Waals surface area contributed by atoms with Crippen LogP contribution in [-0.4, -0.2) is 9.97 Å². The summed E-state index contributed by atoms with van der Waals surface area (Å²) in [7, 11) is 0. The van der Waals surface area contributed by atoms with E-state index in [0.717, 1.165) is 4.47 Å². The molecule has 1 heterocycles. The second-order valence-electron chi connectivity index (χ2n) is 3.62. The molecule has 0 saturated carbocycles. The normalized spacial score (nSPS) is 10.9. The van der Waals surface area contributed by atoms with Crippen molar-refractivity contribution in [3.63, 3.8) is 0 Å². The van der Waals surface area contributed by atoms with Crippen molar-refractivity contribution in [3.05, 3.63) is 46.2 Å². The SMILES string of the molecule is NCc1cnc(-c2cccc(Br)c2)nc1C(F)F. The van der Waals surface area contributed by atoms with E-state index in [9.17, 15) is 8.78 Å². The minimum absolute atomic E-state index is 0.00155. The summed E-state index contributed by atoms with van der Waals surface area (Å²) in [5.74, 6) is 0.267. The van der Waals surface area contributed by atoms with Crippen LogP contribution in [0, 0.1) is 0 Å². The number of alkyl halides is 2. The Bertz CT molecular complexity index is 561. The first-order chi connectivity index (χ1) is 8.61. The Hall–Kier alpha value is -1.40. The third-order valence-electron chi connectivity index (χ3n) is 2.41. The molecule has 2 rings (SSSR count). The lowest BCUT2D eigenvalue weighted by Gasteiger charge is -2.08. The number of rotatable bonds is 3. The average Bonchev–Trinajstić information content (AvgIpc) is 2.38. The van der Waals surface area contributed by atoms with Gasteiger partial charge in [-0.15, -0.1) is 0 Å². The Morgan fingerprint density at radius 3 is 2.72 bits per heavy atom. The van der Waals surface area contributed by atoms with Gasteiger partial charge in [-0.05, 0) is 12.1 Å². The Labute approximate surface area is 111 Å². The topological polar surface area (TPSA) is 51.8 Å². The van der Waals surface area contributed by atoms with Crippen molar-refractivity contribution in [2.45, 2.75) is 13.0 Å². The average molecular weight is 314 g/mol. The molecule has 0 atom stereocenters. The summed E-state index contributed by atoms with van der Waals surface area (Å²) in [6.07, 6.45) is -1.30. The molecule has 0 fully saturated rings. The highest BCUT2D eigenvalue weighted by Gasteiger charge is 2.16. The molecule has 0 radical (unpaired) electrons. The van der Waals surface area contributed by atoms with Gasteiger partial charge in [0.05, 0.1) is 0 Å². The zero-order valence-electron chi connectivity index (χ0n) is 9.28. The zero-order valence-corrected chi connectivity index (χ0v) is 10.9. The van der Waals surface area contributed by atoms with Gasteiger partial charge < -0.3 is 5.73 Å². The maximum absolute atomic E-state index is 12.8. The van der Waals surface area contributed by atoms with E-state index in [0.29, 0.717) is 5.56 Å². The van der Waals surface area contributed by atoms with E-state index < -0.39 is 6.43 Å². The van der Waals surface area contributed by atoms with Crippen molar-refractivity contribution in [2.24, 2.45) is 5.73 Å². The number of nitrogens with two attached hydrogens (primary N) is 1. The lowest BCUT2D eigenvalue weighted by atomic mass is 10.2. The molecule has 2 aromatic rings. The van der Waals surface area contributed by atoms with Gasteiger partial charge in [-0.2, -0.15) is 0 Å². The van der Waals surface area contributed by atoms with Crippen LogP contribution in [0.4, 0.5) is 8.78 Å². The summed E-state index contributed by atoms with van der Waals surface area (Å²) < 4.78 is 26.5. The van der Waals surface area contributed by atoms with E-state index in [1.54, 1.807) is 18.2 Å². The second kappa shape index (κ2) is 5.49. The van der Waals surface area contributed by atoms with Crippen LogP contribution in [0.2, 0.25) is 0 Å². The Morgan fingerprint density at radius 1 is 1.33 bits per heavy atom. The highest BCUT2D eigenvalue weighted by Crippen LogP contribution is 2.25. The molecule has 18 heavy (non-hydrogen) atoms. The molecular formula is C12H10BrF2N3. The standard InChI is InChI=1S/C12H10BrF2N3/c13-9-3-1-2-7(4-9)12-17-6-8(5-16)10(18-12)11(14)15/h1-4,6,11H,5,16H2. The second-order valence-corrected chi connectivity index (χ2v) is 4.53. The van der Waals surface area contributed by atoms with Gasteiger partial charge >= 0.3 is 0 Å². The van der Waals surface area contributed by atoms with Crippen LogP contribution in [-0.2, 0) is 6.54 Å². The maximum atomic E-state index is 12.8. The predicted octanol–water partition coefficient (Wildman–Crippen LogP) is 3.30. The lowest BCUT2D eigenvalue weighted by Crippen LogP contribution is -2.06. The van der Waals surface area contributed by atoms with Crippen molar-refractivity contribution in [3.8, 4) is 11.4 Å². The first kappa shape index (κ1) is 13.0. The monoisotopic (exact) mass is 313 g/mol. The first-order valence-electron chi connectivity index (χ1n) is 5.21. The Kier molecular flexibility index (Phi) is 3.98. The molecule has 0 bridgehead atoms. The summed E-state index contributed by atoms with van der Waals surface area (Å²) in [6, 6.07) is 7.16. The van der Waals surface area contributed by atoms with Gasteiger partial charge in [0.1, 0.15) is 5.69 Å². The molecule has 0 amide bonds. The number of benzene rings is 1. The number of aromatic nitrogens is 2. The summed E-state index contributed by atoms with van der Waals surface area (Å²) in [4.78, 5) is 7.95. The van der Waals surface area contributed by atoms with E-state index in [2.05, 4.69) is 25.9 Å². The number of hydrogen-bond donors (Lipinski definition) is 1. The summed E-state index contributed by atoms with van der Waals surface area (Å²) in [5.41, 5.74) is 6.02. The van der Waals surface area contributed by atoms with E-state index in [1.807, 2.05) is 6.07 Å². The molecular weight excluding hydrogens is 304 g/mol. The van der Waals surface area contributed by atoms with Gasteiger partial charge in [0.25, 0.3) is 6.43 Å². The lowest BCUT2D eigenvalue weighted by molar-refractivity contribution is 0.144. The largest absolute Gasteiger partial charge is 0.326 e. The smallest absolute Gasteiger partial charge is 0.280 e. The molecule has 0 spiro atoms. The van der Waals surface area contributed by atoms with Crippen LogP contribution >= 0.6 is 15.9 Å². The fourth-order valence-electron chi connectivity index (χ4n) is 1.53. The molecule has 2 N–H and O–H groups in total. The summed E-state index contributed by atoms with van der Waals surface area (Å²) >= 11 is 3.31. The van der Waals surface area contributed by atoms with Gasteiger partial charge in [-0.1, -0.05) is 28.1 Å². The maximum Gasteiger partial charge on any atom is 0.280 e. The van der Waals surface area contributed by atoms with E-state index >= 15 is 0 Å². The summed E-state index contributed by atoms with van der Waals surface area (Å²) in [6.45, 7) is -0.00155. The molecule has 1 aromatic carbocycles. The Balaban J connectivity index is 2.50. The highest BCUT2D eigenvalue weighted by atomic mass is 79.9. The van der Waals surface area contributed by atoms with Crippen LogP contribution in [0.25, 0.3) is 11.4 Å². The van der Waals surface area contributed by atoms with Crippen LogP contribution in [0.15, 0.2) is 34.9 Å². The molecule has 6 heteroatoms. The fraction of sp³-hybridized carbons (Fsp3) is 0.167. The van der Waals surface area contributed by atoms with Crippen molar-refractivity contribution in [2.75, 3.05) is 0 Å². The molecule has 1 aromatic heterocycles. The third-order valence-corrected chi connectivity index (χ3v) is 2.90. The van der Waals surface area contributed by atoms with Crippen molar-refractivity contribution >= 4 is 15.9 Å². The molecule has 3 nitrogen and oxygen atoms in total. The van der Waals surface area contributed by atoms with Crippen molar-refractivity contribution in [1.29, 1.82) is 0 Å². The van der Waals surface area contributed by atoms with E-state index in [-0.39, 0.29) is 23.6 Å².